The summed E-state index contributed by atoms with van der Waals surface area (Å²) in [5.74, 6) is -0.385. The minimum absolute atomic E-state index is 0.385. The number of halogens is 2. The van der Waals surface area contributed by atoms with Crippen molar-refractivity contribution in [3.8, 4) is 0 Å². The van der Waals surface area contributed by atoms with Crippen LogP contribution in [0, 0.1) is 0 Å². The molecule has 1 N–H and O–H groups in total. The monoisotopic (exact) mass is 398 g/mol. The standard InChI is InChI=1S/C14H12Br2N2O2/c1-20-14(19)11-6-10(15)7-12(16)13(11)18-8-9-2-4-17-5-3-9/h2-7,18H,8H2,1H3. The number of nitrogens with zero attached hydrogens (tertiary/aromatic N) is 1. The average Bonchev–Trinajstić information content (AvgIpc) is 2.46. The van der Waals surface area contributed by atoms with Crippen molar-refractivity contribution in [3.63, 3.8) is 0 Å². The summed E-state index contributed by atoms with van der Waals surface area (Å²) < 4.78 is 6.41. The summed E-state index contributed by atoms with van der Waals surface area (Å²) in [5.41, 5.74) is 2.25. The SMILES string of the molecule is COC(=O)c1cc(Br)cc(Br)c1NCc1ccncc1. The number of hydrogen-bond donors (Lipinski definition) is 1. The van der Waals surface area contributed by atoms with Crippen molar-refractivity contribution < 1.29 is 9.53 Å². The van der Waals surface area contributed by atoms with Crippen molar-refractivity contribution in [3.05, 3.63) is 56.7 Å². The Morgan fingerprint density at radius 3 is 2.65 bits per heavy atom. The first-order chi connectivity index (χ1) is 9.61. The molecule has 4 nitrogen and oxygen atoms in total. The van der Waals surface area contributed by atoms with Crippen molar-refractivity contribution in [2.75, 3.05) is 12.4 Å². The molecule has 0 saturated heterocycles. The topological polar surface area (TPSA) is 51.2 Å². The number of anilines is 1. The number of carbonyl (C=O) groups excluding carboxylic acids is 1. The number of pyridine rings is 1. The van der Waals surface area contributed by atoms with E-state index in [0.29, 0.717) is 17.8 Å². The predicted octanol–water partition coefficient (Wildman–Crippen LogP) is 4.01. The van der Waals surface area contributed by atoms with Gasteiger partial charge in [-0.1, -0.05) is 15.9 Å². The maximum atomic E-state index is 11.8. The number of nitrogens with one attached hydrogen (secondary N) is 1. The highest BCUT2D eigenvalue weighted by Crippen LogP contribution is 2.31. The van der Waals surface area contributed by atoms with Gasteiger partial charge < -0.3 is 10.1 Å². The molecule has 2 rings (SSSR count). The van der Waals surface area contributed by atoms with Crippen molar-refractivity contribution in [2.45, 2.75) is 6.54 Å². The van der Waals surface area contributed by atoms with Gasteiger partial charge in [0.05, 0.1) is 18.4 Å². The smallest absolute Gasteiger partial charge is 0.340 e. The second-order valence-electron chi connectivity index (χ2n) is 4.01. The van der Waals surface area contributed by atoms with Gasteiger partial charge in [-0.3, -0.25) is 4.98 Å². The molecule has 1 aromatic carbocycles. The number of ether oxygens (including phenoxy) is 1. The zero-order valence-electron chi connectivity index (χ0n) is 10.7. The molecule has 1 aromatic heterocycles. The highest BCUT2D eigenvalue weighted by Gasteiger charge is 2.15. The van der Waals surface area contributed by atoms with E-state index in [2.05, 4.69) is 42.2 Å². The predicted molar refractivity (Wildman–Crippen MR) is 84.7 cm³/mol. The fraction of sp³-hybridized carbons (Fsp3) is 0.143. The molecule has 0 saturated carbocycles. The molecule has 0 amide bonds. The highest BCUT2D eigenvalue weighted by molar-refractivity contribution is 9.11. The number of benzene rings is 1. The van der Waals surface area contributed by atoms with Crippen LogP contribution in [0.4, 0.5) is 5.69 Å². The lowest BCUT2D eigenvalue weighted by Gasteiger charge is -2.13. The number of rotatable bonds is 4. The Labute approximate surface area is 133 Å². The van der Waals surface area contributed by atoms with Crippen LogP contribution in [0.2, 0.25) is 0 Å². The normalized spacial score (nSPS) is 10.2. The summed E-state index contributed by atoms with van der Waals surface area (Å²) in [6.45, 7) is 0.590. The molecule has 6 heteroatoms. The first-order valence-electron chi connectivity index (χ1n) is 5.82. The van der Waals surface area contributed by atoms with Gasteiger partial charge in [-0.2, -0.15) is 0 Å². The molecular weight excluding hydrogens is 388 g/mol. The largest absolute Gasteiger partial charge is 0.465 e. The molecule has 0 bridgehead atoms. The van der Waals surface area contributed by atoms with Gasteiger partial charge in [-0.25, -0.2) is 4.79 Å². The third-order valence-corrected chi connectivity index (χ3v) is 3.76. The van der Waals surface area contributed by atoms with Gasteiger partial charge in [0.1, 0.15) is 0 Å². The molecular formula is C14H12Br2N2O2. The van der Waals surface area contributed by atoms with Crippen LogP contribution >= 0.6 is 31.9 Å². The summed E-state index contributed by atoms with van der Waals surface area (Å²) in [4.78, 5) is 15.8. The summed E-state index contributed by atoms with van der Waals surface area (Å²) in [6, 6.07) is 7.43. The summed E-state index contributed by atoms with van der Waals surface area (Å²) in [5, 5.41) is 3.24. The minimum Gasteiger partial charge on any atom is -0.465 e. The minimum atomic E-state index is -0.385. The molecule has 104 valence electrons. The molecule has 0 aliphatic rings. The zero-order chi connectivity index (χ0) is 14.5. The van der Waals surface area contributed by atoms with Crippen LogP contribution in [0.15, 0.2) is 45.6 Å². The van der Waals surface area contributed by atoms with Gasteiger partial charge in [0.15, 0.2) is 0 Å². The zero-order valence-corrected chi connectivity index (χ0v) is 13.9. The van der Waals surface area contributed by atoms with Crippen LogP contribution in [0.5, 0.6) is 0 Å². The lowest BCUT2D eigenvalue weighted by Crippen LogP contribution is -2.09. The Balaban J connectivity index is 2.28. The molecule has 0 spiro atoms. The van der Waals surface area contributed by atoms with E-state index in [4.69, 9.17) is 4.74 Å². The fourth-order valence-electron chi connectivity index (χ4n) is 1.72. The molecule has 0 unspecified atom stereocenters. The van der Waals surface area contributed by atoms with E-state index in [1.165, 1.54) is 7.11 Å². The molecule has 20 heavy (non-hydrogen) atoms. The van der Waals surface area contributed by atoms with E-state index in [1.54, 1.807) is 18.5 Å². The molecule has 0 aliphatic heterocycles. The Bertz CT molecular complexity index is 618. The number of aromatic nitrogens is 1. The van der Waals surface area contributed by atoms with Crippen molar-refractivity contribution in [2.24, 2.45) is 0 Å². The van der Waals surface area contributed by atoms with Crippen molar-refractivity contribution >= 4 is 43.5 Å². The second kappa shape index (κ2) is 6.85. The van der Waals surface area contributed by atoms with Gasteiger partial charge in [-0.15, -0.1) is 0 Å². The molecule has 0 fully saturated rings. The van der Waals surface area contributed by atoms with Crippen LogP contribution < -0.4 is 5.32 Å². The van der Waals surface area contributed by atoms with Crippen LogP contribution in [-0.4, -0.2) is 18.1 Å². The van der Waals surface area contributed by atoms with Gasteiger partial charge in [0, 0.05) is 27.9 Å². The van der Waals surface area contributed by atoms with Crippen LogP contribution in [0.3, 0.4) is 0 Å². The number of hydrogen-bond acceptors (Lipinski definition) is 4. The van der Waals surface area contributed by atoms with E-state index < -0.39 is 0 Å². The molecule has 0 aliphatic carbocycles. The quantitative estimate of drug-likeness (QED) is 0.789. The molecule has 2 aromatic rings. The van der Waals surface area contributed by atoms with Gasteiger partial charge >= 0.3 is 5.97 Å². The van der Waals surface area contributed by atoms with E-state index >= 15 is 0 Å². The summed E-state index contributed by atoms with van der Waals surface area (Å²) in [7, 11) is 1.36. The first kappa shape index (κ1) is 15.0. The molecule has 1 heterocycles. The van der Waals surface area contributed by atoms with E-state index in [1.807, 2.05) is 18.2 Å². The molecule has 0 radical (unpaired) electrons. The van der Waals surface area contributed by atoms with Gasteiger partial charge in [-0.05, 0) is 45.8 Å². The highest BCUT2D eigenvalue weighted by atomic mass is 79.9. The van der Waals surface area contributed by atoms with Crippen molar-refractivity contribution in [1.82, 2.24) is 4.98 Å². The maximum absolute atomic E-state index is 11.8. The Hall–Kier alpha value is -1.40. The van der Waals surface area contributed by atoms with Crippen molar-refractivity contribution in [1.29, 1.82) is 0 Å². The van der Waals surface area contributed by atoms with E-state index in [0.717, 1.165) is 14.5 Å². The van der Waals surface area contributed by atoms with Crippen LogP contribution in [0.1, 0.15) is 15.9 Å². The number of carbonyl (C=O) groups is 1. The van der Waals surface area contributed by atoms with Gasteiger partial charge in [0.25, 0.3) is 0 Å². The van der Waals surface area contributed by atoms with Crippen LogP contribution in [-0.2, 0) is 11.3 Å². The maximum Gasteiger partial charge on any atom is 0.340 e. The molecule has 0 atom stereocenters. The Morgan fingerprint density at radius 2 is 2.00 bits per heavy atom. The second-order valence-corrected chi connectivity index (χ2v) is 5.78. The first-order valence-corrected chi connectivity index (χ1v) is 7.40. The van der Waals surface area contributed by atoms with E-state index in [-0.39, 0.29) is 5.97 Å². The van der Waals surface area contributed by atoms with E-state index in [9.17, 15) is 4.79 Å². The fourth-order valence-corrected chi connectivity index (χ4v) is 3.08. The number of esters is 1. The third-order valence-electron chi connectivity index (χ3n) is 2.68. The number of methoxy groups -OCH3 is 1. The Morgan fingerprint density at radius 1 is 1.30 bits per heavy atom. The summed E-state index contributed by atoms with van der Waals surface area (Å²) >= 11 is 6.82. The third kappa shape index (κ3) is 3.58. The average molecular weight is 400 g/mol. The lowest BCUT2D eigenvalue weighted by molar-refractivity contribution is 0.0601. The Kier molecular flexibility index (Phi) is 5.14. The van der Waals surface area contributed by atoms with Gasteiger partial charge in [0.2, 0.25) is 0 Å². The summed E-state index contributed by atoms with van der Waals surface area (Å²) in [6.07, 6.45) is 3.46. The van der Waals surface area contributed by atoms with Crippen LogP contribution in [0.25, 0.3) is 0 Å². The lowest BCUT2D eigenvalue weighted by atomic mass is 10.1.